The highest BCUT2D eigenvalue weighted by molar-refractivity contribution is 5.99. The van der Waals surface area contributed by atoms with Crippen LogP contribution in [0.15, 0.2) is 18.2 Å². The summed E-state index contributed by atoms with van der Waals surface area (Å²) in [6.45, 7) is 5.26. The molecule has 0 unspecified atom stereocenters. The first kappa shape index (κ1) is 16.0. The van der Waals surface area contributed by atoms with Gasteiger partial charge in [-0.1, -0.05) is 20.8 Å². The van der Waals surface area contributed by atoms with Gasteiger partial charge in [0.25, 0.3) is 5.91 Å². The van der Waals surface area contributed by atoms with E-state index in [1.165, 1.54) is 12.1 Å². The third-order valence-electron chi connectivity index (χ3n) is 3.47. The van der Waals surface area contributed by atoms with E-state index in [4.69, 9.17) is 5.26 Å². The Hall–Kier alpha value is -2.42. The highest BCUT2D eigenvalue weighted by Gasteiger charge is 2.45. The summed E-state index contributed by atoms with van der Waals surface area (Å²) in [7, 11) is 0. The lowest BCUT2D eigenvalue weighted by Gasteiger charge is -2.18. The van der Waals surface area contributed by atoms with Gasteiger partial charge >= 0.3 is 0 Å². The van der Waals surface area contributed by atoms with Crippen LogP contribution in [0.3, 0.4) is 0 Å². The number of carbonyl (C=O) groups is 2. The van der Waals surface area contributed by atoms with Gasteiger partial charge in [0.15, 0.2) is 0 Å². The van der Waals surface area contributed by atoms with E-state index in [1.807, 2.05) is 6.07 Å². The van der Waals surface area contributed by atoms with E-state index in [0.717, 1.165) is 6.07 Å². The Labute approximate surface area is 128 Å². The summed E-state index contributed by atoms with van der Waals surface area (Å²) in [5.74, 6) is -1.58. The summed E-state index contributed by atoms with van der Waals surface area (Å²) in [6, 6.07) is 5.81. The number of halogens is 1. The molecular formula is C16H18FN3O2. The van der Waals surface area contributed by atoms with Crippen LogP contribution in [0, 0.1) is 22.6 Å². The van der Waals surface area contributed by atoms with E-state index in [-0.39, 0.29) is 11.5 Å². The zero-order valence-corrected chi connectivity index (χ0v) is 12.8. The first-order chi connectivity index (χ1) is 10.2. The second kappa shape index (κ2) is 5.41. The van der Waals surface area contributed by atoms with Crippen LogP contribution in [0.25, 0.3) is 0 Å². The smallest absolute Gasteiger partial charge is 0.255 e. The molecule has 2 amide bonds. The van der Waals surface area contributed by atoms with Crippen LogP contribution in [0.5, 0.6) is 0 Å². The van der Waals surface area contributed by atoms with Crippen LogP contribution in [-0.2, 0) is 4.79 Å². The molecule has 1 fully saturated rings. The molecule has 0 heterocycles. The van der Waals surface area contributed by atoms with Crippen molar-refractivity contribution in [2.45, 2.75) is 39.2 Å². The van der Waals surface area contributed by atoms with Gasteiger partial charge in [-0.15, -0.1) is 0 Å². The molecule has 116 valence electrons. The van der Waals surface area contributed by atoms with Gasteiger partial charge in [0, 0.05) is 11.1 Å². The van der Waals surface area contributed by atoms with Crippen molar-refractivity contribution in [3.05, 3.63) is 29.6 Å². The summed E-state index contributed by atoms with van der Waals surface area (Å²) < 4.78 is 13.8. The fourth-order valence-electron chi connectivity index (χ4n) is 1.77. The summed E-state index contributed by atoms with van der Waals surface area (Å²) in [4.78, 5) is 24.0. The van der Waals surface area contributed by atoms with E-state index in [9.17, 15) is 14.0 Å². The van der Waals surface area contributed by atoms with E-state index in [1.54, 1.807) is 20.8 Å². The van der Waals surface area contributed by atoms with Gasteiger partial charge in [-0.3, -0.25) is 9.59 Å². The Morgan fingerprint density at radius 3 is 2.45 bits per heavy atom. The van der Waals surface area contributed by atoms with Gasteiger partial charge in [-0.2, -0.15) is 5.26 Å². The minimum absolute atomic E-state index is 0.187. The number of carbonyl (C=O) groups excluding carboxylic acids is 2. The van der Waals surface area contributed by atoms with Gasteiger partial charge in [-0.05, 0) is 31.0 Å². The van der Waals surface area contributed by atoms with Gasteiger partial charge < -0.3 is 10.6 Å². The average molecular weight is 303 g/mol. The summed E-state index contributed by atoms with van der Waals surface area (Å²) in [6.07, 6.45) is 1.13. The van der Waals surface area contributed by atoms with Crippen LogP contribution >= 0.6 is 0 Å². The van der Waals surface area contributed by atoms with Crippen molar-refractivity contribution < 1.29 is 14.0 Å². The second-order valence-electron chi connectivity index (χ2n) is 6.55. The Morgan fingerprint density at radius 1 is 1.32 bits per heavy atom. The van der Waals surface area contributed by atoms with E-state index < -0.39 is 22.7 Å². The van der Waals surface area contributed by atoms with Gasteiger partial charge in [-0.25, -0.2) is 4.39 Å². The lowest BCUT2D eigenvalue weighted by atomic mass is 9.95. The highest BCUT2D eigenvalue weighted by Crippen LogP contribution is 2.34. The average Bonchev–Trinajstić information content (AvgIpc) is 3.20. The number of hydrogen-bond donors (Lipinski definition) is 2. The number of benzene rings is 1. The molecule has 1 aliphatic carbocycles. The number of amides is 2. The molecule has 5 nitrogen and oxygen atoms in total. The number of nitrogens with one attached hydrogen (secondary N) is 2. The maximum Gasteiger partial charge on any atom is 0.255 e. The van der Waals surface area contributed by atoms with Crippen LogP contribution in [0.1, 0.15) is 44.0 Å². The van der Waals surface area contributed by atoms with Gasteiger partial charge in [0.2, 0.25) is 5.91 Å². The fraction of sp³-hybridized carbons (Fsp3) is 0.438. The lowest BCUT2D eigenvalue weighted by Crippen LogP contribution is -2.36. The van der Waals surface area contributed by atoms with Crippen molar-refractivity contribution in [3.63, 3.8) is 0 Å². The minimum Gasteiger partial charge on any atom is -0.334 e. The Morgan fingerprint density at radius 2 is 1.95 bits per heavy atom. The Kier molecular flexibility index (Phi) is 3.92. The Bertz CT molecular complexity index is 667. The first-order valence-corrected chi connectivity index (χ1v) is 7.02. The predicted molar refractivity (Wildman–Crippen MR) is 79.5 cm³/mol. The lowest BCUT2D eigenvalue weighted by molar-refractivity contribution is -0.123. The van der Waals surface area contributed by atoms with Crippen molar-refractivity contribution in [1.29, 1.82) is 5.26 Å². The third kappa shape index (κ3) is 3.42. The molecule has 0 bridgehead atoms. The topological polar surface area (TPSA) is 82.0 Å². The van der Waals surface area contributed by atoms with E-state index in [0.29, 0.717) is 18.5 Å². The normalized spacial score (nSPS) is 15.6. The molecule has 1 aliphatic rings. The van der Waals surface area contributed by atoms with E-state index in [2.05, 4.69) is 10.6 Å². The molecule has 1 saturated carbocycles. The number of nitrogens with zero attached hydrogens (tertiary/aromatic N) is 1. The number of nitriles is 1. The summed E-state index contributed by atoms with van der Waals surface area (Å²) in [5, 5.41) is 14.1. The van der Waals surface area contributed by atoms with Crippen molar-refractivity contribution >= 4 is 17.5 Å². The summed E-state index contributed by atoms with van der Waals surface area (Å²) in [5.41, 5.74) is -1.31. The third-order valence-corrected chi connectivity index (χ3v) is 3.47. The first-order valence-electron chi connectivity index (χ1n) is 7.02. The predicted octanol–water partition coefficient (Wildman–Crippen LogP) is 2.60. The fourth-order valence-corrected chi connectivity index (χ4v) is 1.77. The molecule has 0 aromatic heterocycles. The van der Waals surface area contributed by atoms with E-state index >= 15 is 0 Å². The largest absolute Gasteiger partial charge is 0.334 e. The maximum absolute atomic E-state index is 13.8. The zero-order valence-electron chi connectivity index (χ0n) is 12.8. The minimum atomic E-state index is -0.867. The molecule has 0 atom stereocenters. The SMILES string of the molecule is CC(C)(C)C(=O)Nc1ccc(F)c(C(=O)NC2(C#N)CC2)c1. The zero-order chi connectivity index (χ0) is 16.5. The highest BCUT2D eigenvalue weighted by atomic mass is 19.1. The maximum atomic E-state index is 13.8. The van der Waals surface area contributed by atoms with Crippen molar-refractivity contribution in [2.24, 2.45) is 5.41 Å². The van der Waals surface area contributed by atoms with Gasteiger partial charge in [0.05, 0.1) is 11.6 Å². The van der Waals surface area contributed by atoms with Gasteiger partial charge in [0.1, 0.15) is 11.4 Å². The number of rotatable bonds is 3. The van der Waals surface area contributed by atoms with Crippen molar-refractivity contribution in [1.82, 2.24) is 5.32 Å². The summed E-state index contributed by atoms with van der Waals surface area (Å²) >= 11 is 0. The molecule has 0 aliphatic heterocycles. The standard InChI is InChI=1S/C16H18FN3O2/c1-15(2,3)14(22)19-10-4-5-12(17)11(8-10)13(21)20-16(9-18)6-7-16/h4-5,8H,6-7H2,1-3H3,(H,19,22)(H,20,21). The molecular weight excluding hydrogens is 285 g/mol. The van der Waals surface area contributed by atoms with Crippen molar-refractivity contribution in [2.75, 3.05) is 5.32 Å². The molecule has 1 aromatic rings. The molecule has 2 rings (SSSR count). The van der Waals surface area contributed by atoms with Crippen LogP contribution in [-0.4, -0.2) is 17.4 Å². The molecule has 1 aromatic carbocycles. The molecule has 0 spiro atoms. The van der Waals surface area contributed by atoms with Crippen LogP contribution in [0.2, 0.25) is 0 Å². The molecule has 2 N–H and O–H groups in total. The number of hydrogen-bond acceptors (Lipinski definition) is 3. The molecule has 22 heavy (non-hydrogen) atoms. The number of anilines is 1. The quantitative estimate of drug-likeness (QED) is 0.900. The molecule has 0 saturated heterocycles. The second-order valence-corrected chi connectivity index (χ2v) is 6.55. The Balaban J connectivity index is 2.19. The van der Waals surface area contributed by atoms with Crippen LogP contribution in [0.4, 0.5) is 10.1 Å². The molecule has 0 radical (unpaired) electrons. The van der Waals surface area contributed by atoms with Crippen molar-refractivity contribution in [3.8, 4) is 6.07 Å². The molecule has 6 heteroatoms. The monoisotopic (exact) mass is 303 g/mol. The van der Waals surface area contributed by atoms with Crippen LogP contribution < -0.4 is 10.6 Å².